The van der Waals surface area contributed by atoms with Crippen LogP contribution in [0.15, 0.2) is 188 Å². The summed E-state index contributed by atoms with van der Waals surface area (Å²) in [6, 6.07) is 54.3. The summed E-state index contributed by atoms with van der Waals surface area (Å²) in [5.41, 5.74) is 8.31. The summed E-state index contributed by atoms with van der Waals surface area (Å²) < 4.78 is 8.95. The molecule has 12 atom stereocenters. The number of hydrogen-bond acceptors (Lipinski definition) is 20. The Balaban J connectivity index is 0.000000200. The molecule has 27 nitrogen and oxygen atoms in total. The number of anilines is 2. The molecule has 3 aliphatic heterocycles. The van der Waals surface area contributed by atoms with Crippen LogP contribution in [0.1, 0.15) is 130 Å². The Labute approximate surface area is 735 Å². The van der Waals surface area contributed by atoms with Gasteiger partial charge in [-0.15, -0.1) is 0 Å². The largest absolute Gasteiger partial charge is 0.497 e. The highest BCUT2D eigenvalue weighted by molar-refractivity contribution is 9.11. The van der Waals surface area contributed by atoms with Gasteiger partial charge in [-0.25, -0.2) is 0 Å². The second-order valence-corrected chi connectivity index (χ2v) is 34.2. The number of piperazine rings is 2. The quantitative estimate of drug-likeness (QED) is 0.0204. The van der Waals surface area contributed by atoms with Crippen molar-refractivity contribution in [3.8, 4) is 11.8 Å². The molecule has 6 unspecified atom stereocenters. The number of ether oxygens (including phenoxy) is 1. The number of nitrogens with one attached hydrogen (secondary N) is 4. The van der Waals surface area contributed by atoms with Crippen LogP contribution in [0.4, 0.5) is 11.4 Å². The molecule has 0 bridgehead atoms. The SMILES string of the molecule is CC(NC(O)C(O)C(=O)N1CCC(C#N)(c2ccccc2)CC1)c1ccc(Br)cc1.CCCN(CC1CC1)C(=O)[C@H](O)[C@@H](O)C(=O)N[C@@H](C)c1ccc(Br)cc1.COc1cccc(N2CCN(C(=O)C(O)C(O)C(=O)NC(C)c3ccc(Br)cc3)CC2)c1.Cc1ccc(N2CCN(C(=O)[C@H](O)[C@@H](O)C(=O)N[C@@H](C)c3ccc(Br)cc3)CC2)cc1C. The summed E-state index contributed by atoms with van der Waals surface area (Å²) in [5, 5.41) is 103. The third kappa shape index (κ3) is 27.6. The van der Waals surface area contributed by atoms with Crippen molar-refractivity contribution in [3.05, 3.63) is 227 Å². The van der Waals surface area contributed by atoms with Gasteiger partial charge in [-0.1, -0.05) is 162 Å². The Kier molecular flexibility index (Phi) is 37.5. The summed E-state index contributed by atoms with van der Waals surface area (Å²) >= 11 is 13.4. The smallest absolute Gasteiger partial charge is 0.255 e. The third-order valence-corrected chi connectivity index (χ3v) is 24.0. The van der Waals surface area contributed by atoms with Gasteiger partial charge in [0.2, 0.25) is 0 Å². The van der Waals surface area contributed by atoms with Crippen molar-refractivity contribution in [2.24, 2.45) is 5.92 Å². The van der Waals surface area contributed by atoms with Gasteiger partial charge in [0.1, 0.15) is 12.0 Å². The molecule has 3 heterocycles. The van der Waals surface area contributed by atoms with Crippen molar-refractivity contribution in [1.82, 2.24) is 40.9 Å². The summed E-state index contributed by atoms with van der Waals surface area (Å²) in [5.74, 6) is -3.52. The lowest BCUT2D eigenvalue weighted by molar-refractivity contribution is -0.153. The van der Waals surface area contributed by atoms with Gasteiger partial charge in [0, 0.05) is 120 Å². The average Bonchev–Trinajstić information content (AvgIpc) is 1.05. The van der Waals surface area contributed by atoms with Crippen molar-refractivity contribution in [2.75, 3.05) is 95.4 Å². The Hall–Kier alpha value is -8.72. The molecule has 12 N–H and O–H groups in total. The monoisotopic (exact) mass is 1910 g/mol. The zero-order valence-corrected chi connectivity index (χ0v) is 75.0. The van der Waals surface area contributed by atoms with E-state index in [1.165, 1.54) is 25.8 Å². The first-order valence-corrected chi connectivity index (χ1v) is 43.3. The minimum atomic E-state index is -1.85. The van der Waals surface area contributed by atoms with Gasteiger partial charge in [0.25, 0.3) is 41.4 Å². The van der Waals surface area contributed by atoms with Crippen molar-refractivity contribution in [2.45, 2.75) is 159 Å². The number of methoxy groups -OCH3 is 1. The maximum atomic E-state index is 12.7. The molecule has 0 aromatic heterocycles. The maximum Gasteiger partial charge on any atom is 0.255 e. The van der Waals surface area contributed by atoms with Crippen LogP contribution in [-0.2, 0) is 39.0 Å². The van der Waals surface area contributed by atoms with Gasteiger partial charge in [0.15, 0.2) is 42.7 Å². The first kappa shape index (κ1) is 96.7. The number of nitriles is 1. The van der Waals surface area contributed by atoms with E-state index in [-0.39, 0.29) is 24.2 Å². The number of carbonyl (C=O) groups excluding carboxylic acids is 7. The molecule has 0 radical (unpaired) electrons. The Morgan fingerprint density at radius 1 is 0.467 bits per heavy atom. The number of nitrogens with zero attached hydrogens (tertiary/aromatic N) is 7. The van der Waals surface area contributed by atoms with E-state index in [9.17, 15) is 79.7 Å². The summed E-state index contributed by atoms with van der Waals surface area (Å²) in [7, 11) is 1.61. The highest BCUT2D eigenvalue weighted by atomic mass is 79.9. The first-order valence-electron chi connectivity index (χ1n) is 40.1. The normalized spacial score (nSPS) is 17.4. The van der Waals surface area contributed by atoms with E-state index >= 15 is 0 Å². The number of benzene rings is 7. The Morgan fingerprint density at radius 2 is 0.850 bits per heavy atom. The topological polar surface area (TPSA) is 382 Å². The van der Waals surface area contributed by atoms with Crippen LogP contribution in [0, 0.1) is 31.1 Å². The number of hydrogen-bond donors (Lipinski definition) is 12. The molecule has 1 saturated carbocycles. The lowest BCUT2D eigenvalue weighted by Crippen LogP contribution is -2.55. The van der Waals surface area contributed by atoms with Crippen LogP contribution >= 0.6 is 63.7 Å². The molecule has 11 rings (SSSR count). The number of carbonyl (C=O) groups is 7. The van der Waals surface area contributed by atoms with Crippen LogP contribution in [-0.4, -0.2) is 236 Å². The number of piperidine rings is 1. The fourth-order valence-corrected chi connectivity index (χ4v) is 15.0. The summed E-state index contributed by atoms with van der Waals surface area (Å²) in [6.07, 6.45) is -9.93. The predicted molar refractivity (Wildman–Crippen MR) is 471 cm³/mol. The maximum absolute atomic E-state index is 12.7. The van der Waals surface area contributed by atoms with Gasteiger partial charge in [-0.2, -0.15) is 5.26 Å². The average molecular weight is 1910 g/mol. The molecule has 1 aliphatic carbocycles. The predicted octanol–water partition coefficient (Wildman–Crippen LogP) is 8.88. The fourth-order valence-electron chi connectivity index (χ4n) is 13.9. The van der Waals surface area contributed by atoms with Gasteiger partial charge in [0.05, 0.1) is 36.7 Å². The fraction of sp³-hybridized carbons (Fsp3) is 0.438. The van der Waals surface area contributed by atoms with Crippen molar-refractivity contribution < 1.29 is 79.2 Å². The molecule has 3 saturated heterocycles. The van der Waals surface area contributed by atoms with Crippen LogP contribution in [0.3, 0.4) is 0 Å². The Bertz CT molecular complexity index is 4530. The molecule has 7 amide bonds. The van der Waals surface area contributed by atoms with E-state index < -0.39 is 95.7 Å². The minimum absolute atomic E-state index is 0.249. The number of aliphatic hydroxyl groups is 8. The van der Waals surface area contributed by atoms with Crippen LogP contribution in [0.25, 0.3) is 0 Å². The summed E-state index contributed by atoms with van der Waals surface area (Å²) in [4.78, 5) is 98.0. The second-order valence-electron chi connectivity index (χ2n) is 30.6. The lowest BCUT2D eigenvalue weighted by atomic mass is 9.74. The number of amides is 7. The van der Waals surface area contributed by atoms with E-state index in [0.717, 1.165) is 82.1 Å². The van der Waals surface area contributed by atoms with Gasteiger partial charge in [-0.3, -0.25) is 38.9 Å². The minimum Gasteiger partial charge on any atom is -0.497 e. The van der Waals surface area contributed by atoms with Crippen LogP contribution in [0.5, 0.6) is 5.75 Å². The van der Waals surface area contributed by atoms with Crippen molar-refractivity contribution in [1.29, 1.82) is 5.26 Å². The van der Waals surface area contributed by atoms with Crippen LogP contribution < -0.4 is 35.8 Å². The lowest BCUT2D eigenvalue weighted by Gasteiger charge is -2.38. The number of rotatable bonds is 28. The second kappa shape index (κ2) is 46.5. The Morgan fingerprint density at radius 3 is 1.23 bits per heavy atom. The molecule has 4 aliphatic rings. The van der Waals surface area contributed by atoms with E-state index in [0.29, 0.717) is 97.3 Å². The number of halogens is 4. The summed E-state index contributed by atoms with van der Waals surface area (Å²) in [6.45, 7) is 19.0. The molecule has 120 heavy (non-hydrogen) atoms. The first-order chi connectivity index (χ1) is 57.2. The van der Waals surface area contributed by atoms with Crippen molar-refractivity contribution >= 4 is 116 Å². The van der Waals surface area contributed by atoms with Crippen molar-refractivity contribution in [3.63, 3.8) is 0 Å². The van der Waals surface area contributed by atoms with Crippen LogP contribution in [0.2, 0.25) is 0 Å². The number of likely N-dealkylation sites (tertiary alicyclic amines) is 1. The molecule has 31 heteroatoms. The van der Waals surface area contributed by atoms with Gasteiger partial charge >= 0.3 is 0 Å². The highest BCUT2D eigenvalue weighted by Gasteiger charge is 2.42. The third-order valence-electron chi connectivity index (χ3n) is 21.9. The molecule has 7 aromatic carbocycles. The zero-order valence-electron chi connectivity index (χ0n) is 68.7. The van der Waals surface area contributed by atoms with E-state index in [1.54, 1.807) is 32.8 Å². The molecule has 0 spiro atoms. The zero-order chi connectivity index (χ0) is 87.7. The highest BCUT2D eigenvalue weighted by Crippen LogP contribution is 2.36. The number of aliphatic hydroxyl groups excluding tert-OH is 8. The van der Waals surface area contributed by atoms with Gasteiger partial charge < -0.3 is 90.9 Å². The van der Waals surface area contributed by atoms with Gasteiger partial charge in [-0.05, 0) is 191 Å². The number of aryl methyl sites for hydroxylation is 2. The molecule has 646 valence electrons. The van der Waals surface area contributed by atoms with E-state index in [1.807, 2.05) is 166 Å². The standard InChI is InChI=1S/C24H30BrN3O4.C23H28BrN3O5.C23H26BrN3O3.C19H27BrN2O4/c1-15-4-9-20(14-16(15)2)27-10-12-28(13-11-27)24(32)22(30)21(29)23(31)26-17(3)18-5-7-19(25)8-6-18;1-15(16-6-8-17(24)9-7-16)25-22(30)20(28)21(29)23(31)27-12-10-26(11-13-27)18-4-3-5-19(14-18)32-2;1-16(17-7-9-19(24)10-8-17)26-21(29)20(28)22(30)27-13-11-23(15-25,12-14-27)18-5-3-2-4-6-18;1-3-10-22(11-13-4-5-13)19(26)17(24)16(23)18(25)21-12(2)14-6-8-15(20)9-7-14/h4-9,14,17,21-22,29-30H,10-13H2,1-3H3,(H,26,31);3-9,14-15,20-21,28-29H,10-13H2,1-2H3,(H,25,30);2-10,16,20-21,26,28-29H,11-14H2,1H3;6-9,12-13,16-17,23-24H,3-5,10-11H2,1-2H3,(H,21,25)/t17-,21+,22+;;;12-,16+,17+/m0..0/s1. The molecule has 4 fully saturated rings. The van der Waals surface area contributed by atoms with E-state index in [2.05, 4.69) is 133 Å². The molecular formula is C89H111Br4N11O16. The molecular weight excluding hydrogens is 1800 g/mol. The van der Waals surface area contributed by atoms with E-state index in [4.69, 9.17) is 4.74 Å². The molecule has 7 aromatic rings.